The van der Waals surface area contributed by atoms with Crippen LogP contribution in [0.15, 0.2) is 57.3 Å². The molecular weight excluding hydrogens is 611 g/mol. The van der Waals surface area contributed by atoms with Gasteiger partial charge in [0.05, 0.1) is 22.6 Å². The van der Waals surface area contributed by atoms with Crippen molar-refractivity contribution in [1.29, 1.82) is 0 Å². The summed E-state index contributed by atoms with van der Waals surface area (Å²) in [4.78, 5) is 26.7. The molecule has 0 bridgehead atoms. The van der Waals surface area contributed by atoms with Crippen LogP contribution < -0.4 is 0 Å². The molecule has 5 nitrogen and oxygen atoms in total. The zero-order valence-corrected chi connectivity index (χ0v) is 27.2. The average molecular weight is 650 g/mol. The normalized spacial score (nSPS) is 14.2. The van der Waals surface area contributed by atoms with Gasteiger partial charge in [-0.3, -0.25) is 9.59 Å². The van der Waals surface area contributed by atoms with E-state index in [0.717, 1.165) is 22.7 Å². The fourth-order valence-electron chi connectivity index (χ4n) is 4.92. The number of allylic oxidation sites excluding steroid dienone is 2. The van der Waals surface area contributed by atoms with E-state index in [-0.39, 0.29) is 32.7 Å². The number of halogens is 4. The molecule has 2 heterocycles. The van der Waals surface area contributed by atoms with E-state index in [0.29, 0.717) is 36.8 Å². The second-order valence-corrected chi connectivity index (χ2v) is 12.7. The van der Waals surface area contributed by atoms with Gasteiger partial charge in [0.15, 0.2) is 11.6 Å². The molecule has 0 unspecified atom stereocenters. The Bertz CT molecular complexity index is 1170. The van der Waals surface area contributed by atoms with E-state index in [4.69, 9.17) is 0 Å². The van der Waals surface area contributed by atoms with Crippen molar-refractivity contribution in [1.82, 2.24) is 0 Å². The van der Waals surface area contributed by atoms with E-state index in [2.05, 4.69) is 9.05 Å². The van der Waals surface area contributed by atoms with Crippen LogP contribution in [0.4, 0.5) is 17.6 Å². The molecular formula is C30H38F4O5PS2+. The first kappa shape index (κ1) is 36.2. The molecule has 2 aromatic rings. The molecule has 2 aromatic heterocycles. The summed E-state index contributed by atoms with van der Waals surface area (Å²) in [5.41, 5.74) is 0.418. The van der Waals surface area contributed by atoms with Crippen molar-refractivity contribution in [3.05, 3.63) is 67.1 Å². The minimum Gasteiger partial charge on any atom is -0.288 e. The molecule has 0 amide bonds. The van der Waals surface area contributed by atoms with Crippen LogP contribution in [0.5, 0.6) is 0 Å². The van der Waals surface area contributed by atoms with Crippen molar-refractivity contribution >= 4 is 42.5 Å². The first-order chi connectivity index (χ1) is 19.7. The Kier molecular flexibility index (Phi) is 13.9. The van der Waals surface area contributed by atoms with Crippen LogP contribution in [0.3, 0.4) is 0 Å². The summed E-state index contributed by atoms with van der Waals surface area (Å²) in [5, 5.41) is 3.27. The van der Waals surface area contributed by atoms with Crippen LogP contribution in [-0.4, -0.2) is 23.8 Å². The fraction of sp³-hybridized carbons (Fsp3) is 0.533. The topological polar surface area (TPSA) is 69.7 Å². The maximum absolute atomic E-state index is 15.1. The zero-order valence-electron chi connectivity index (χ0n) is 24.7. The molecule has 0 N–H and O–H groups in total. The Labute approximate surface area is 254 Å². The van der Waals surface area contributed by atoms with Gasteiger partial charge < -0.3 is 0 Å². The summed E-state index contributed by atoms with van der Waals surface area (Å²) in [5.74, 6) is -1.59. The lowest BCUT2D eigenvalue weighted by Crippen LogP contribution is -2.26. The number of ketones is 2. The standard InChI is InChI=1S/C30H38F4O5PS2/c1-7-21(8-2)19(5)23(27(35)25-13-11-15-41-25)17-29(31,32)38-40(37)39-30(33,34)18-24(20(6)22(9-3)10-4)28(36)26-14-12-16-42-26/h11-16,21-22H,7-10,17-18H2,1-6H3/q+1. The predicted octanol–water partition coefficient (Wildman–Crippen LogP) is 11.0. The highest BCUT2D eigenvalue weighted by Gasteiger charge is 2.51. The molecule has 12 heteroatoms. The molecule has 0 fully saturated rings. The van der Waals surface area contributed by atoms with E-state index in [1.165, 1.54) is 12.1 Å². The van der Waals surface area contributed by atoms with E-state index >= 15 is 17.6 Å². The third-order valence-electron chi connectivity index (χ3n) is 7.37. The van der Waals surface area contributed by atoms with Crippen molar-refractivity contribution < 1.29 is 40.8 Å². The summed E-state index contributed by atoms with van der Waals surface area (Å²) in [6.07, 6.45) is -8.67. The van der Waals surface area contributed by atoms with Crippen LogP contribution in [0.1, 0.15) is 99.4 Å². The average Bonchev–Trinajstić information content (AvgIpc) is 3.65. The molecule has 0 aromatic carbocycles. The Hall–Kier alpha value is -2.04. The minimum atomic E-state index is -4.25. The Morgan fingerprint density at radius 2 is 1.07 bits per heavy atom. The lowest BCUT2D eigenvalue weighted by atomic mass is 9.87. The second-order valence-electron chi connectivity index (χ2n) is 10.00. The van der Waals surface area contributed by atoms with Crippen molar-refractivity contribution in [2.75, 3.05) is 0 Å². The van der Waals surface area contributed by atoms with E-state index < -0.39 is 44.9 Å². The number of thiophene rings is 2. The van der Waals surface area contributed by atoms with Gasteiger partial charge in [0.25, 0.3) is 0 Å². The molecule has 2 rings (SSSR count). The molecule has 0 aliphatic rings. The molecule has 0 saturated carbocycles. The number of carbonyl (C=O) groups excluding carboxylic acids is 2. The van der Waals surface area contributed by atoms with Crippen molar-refractivity contribution in [3.8, 4) is 0 Å². The first-order valence-corrected chi connectivity index (χ1v) is 16.7. The Morgan fingerprint density at radius 3 is 1.33 bits per heavy atom. The molecule has 0 spiro atoms. The summed E-state index contributed by atoms with van der Waals surface area (Å²) in [6.45, 7) is 10.6. The van der Waals surface area contributed by atoms with Crippen LogP contribution in [0, 0.1) is 11.8 Å². The van der Waals surface area contributed by atoms with E-state index in [1.54, 1.807) is 36.7 Å². The van der Waals surface area contributed by atoms with Crippen molar-refractivity contribution in [2.24, 2.45) is 11.8 Å². The highest BCUT2D eigenvalue weighted by molar-refractivity contribution is 7.33. The molecule has 0 saturated heterocycles. The third-order valence-corrected chi connectivity index (χ3v) is 9.94. The number of alkyl halides is 4. The molecule has 0 aliphatic heterocycles. The monoisotopic (exact) mass is 649 g/mol. The van der Waals surface area contributed by atoms with Gasteiger partial charge in [0, 0.05) is 15.7 Å². The van der Waals surface area contributed by atoms with Gasteiger partial charge in [-0.1, -0.05) is 51.0 Å². The first-order valence-electron chi connectivity index (χ1n) is 13.9. The smallest absolute Gasteiger partial charge is 0.288 e. The number of rotatable bonds is 18. The van der Waals surface area contributed by atoms with Gasteiger partial charge in [-0.25, -0.2) is 0 Å². The summed E-state index contributed by atoms with van der Waals surface area (Å²) in [7, 11) is -4.04. The van der Waals surface area contributed by atoms with E-state index in [9.17, 15) is 14.2 Å². The fourth-order valence-corrected chi connectivity index (χ4v) is 6.90. The maximum Gasteiger partial charge on any atom is 0.710 e. The largest absolute Gasteiger partial charge is 0.710 e. The summed E-state index contributed by atoms with van der Waals surface area (Å²) >= 11 is 2.17. The molecule has 0 atom stereocenters. The van der Waals surface area contributed by atoms with Crippen LogP contribution >= 0.6 is 30.9 Å². The Morgan fingerprint density at radius 1 is 0.738 bits per heavy atom. The molecule has 232 valence electrons. The summed E-state index contributed by atoms with van der Waals surface area (Å²) < 4.78 is 81.1. The number of carbonyl (C=O) groups is 2. The SMILES string of the molecule is CCC(CC)C(C)=C(CC(F)(F)O[P+](=O)OC(F)(F)CC(C(=O)c1cccs1)=C(C)C(CC)CC)C(=O)c1cccs1. The highest BCUT2D eigenvalue weighted by atomic mass is 32.1. The van der Waals surface area contributed by atoms with E-state index in [1.807, 2.05) is 27.7 Å². The molecule has 0 aliphatic carbocycles. The van der Waals surface area contributed by atoms with Gasteiger partial charge >= 0.3 is 20.5 Å². The number of Topliss-reactive ketones (excluding diaryl/α,β-unsaturated/α-hetero) is 2. The predicted molar refractivity (Wildman–Crippen MR) is 160 cm³/mol. The second kappa shape index (κ2) is 16.1. The quantitative estimate of drug-likeness (QED) is 0.0696. The van der Waals surface area contributed by atoms with Crippen LogP contribution in [0.25, 0.3) is 0 Å². The molecule has 0 radical (unpaired) electrons. The van der Waals surface area contributed by atoms with Crippen molar-refractivity contribution in [2.45, 2.75) is 92.3 Å². The van der Waals surface area contributed by atoms with Crippen LogP contribution in [0.2, 0.25) is 0 Å². The van der Waals surface area contributed by atoms with Gasteiger partial charge in [-0.05, 0) is 83.3 Å². The number of hydrogen-bond acceptors (Lipinski definition) is 7. The van der Waals surface area contributed by atoms with Gasteiger partial charge in [0.1, 0.15) is 0 Å². The maximum atomic E-state index is 15.1. The van der Waals surface area contributed by atoms with Crippen LogP contribution in [-0.2, 0) is 13.6 Å². The van der Waals surface area contributed by atoms with Gasteiger partial charge in [0.2, 0.25) is 0 Å². The number of hydrogen-bond donors (Lipinski definition) is 0. The highest BCUT2D eigenvalue weighted by Crippen LogP contribution is 2.45. The minimum absolute atomic E-state index is 0.168. The van der Waals surface area contributed by atoms with Crippen molar-refractivity contribution in [3.63, 3.8) is 0 Å². The lowest BCUT2D eigenvalue weighted by molar-refractivity contribution is -0.208. The lowest BCUT2D eigenvalue weighted by Gasteiger charge is -2.21. The zero-order chi connectivity index (χ0) is 31.7. The molecule has 42 heavy (non-hydrogen) atoms. The Balaban J connectivity index is 2.29. The third kappa shape index (κ3) is 10.0. The summed E-state index contributed by atoms with van der Waals surface area (Å²) in [6, 6.07) is 6.23. The van der Waals surface area contributed by atoms with Gasteiger partial charge in [-0.2, -0.15) is 17.6 Å². The van der Waals surface area contributed by atoms with Gasteiger partial charge in [-0.15, -0.1) is 22.7 Å².